The first-order valence-corrected chi connectivity index (χ1v) is 19.6. The molecule has 260 valence electrons. The van der Waals surface area contributed by atoms with E-state index in [1.54, 1.807) is 17.4 Å². The normalized spacial score (nSPS) is 12.3. The molecule has 0 saturated heterocycles. The first kappa shape index (κ1) is 36.0. The van der Waals surface area contributed by atoms with Crippen molar-refractivity contribution >= 4 is 46.5 Å². The van der Waals surface area contributed by atoms with Crippen molar-refractivity contribution in [2.45, 2.75) is 75.0 Å². The van der Waals surface area contributed by atoms with E-state index < -0.39 is 5.97 Å². The van der Waals surface area contributed by atoms with Gasteiger partial charge in [-0.25, -0.2) is 4.79 Å². The summed E-state index contributed by atoms with van der Waals surface area (Å²) in [5, 5.41) is 18.3. The Bertz CT molecular complexity index is 2020. The van der Waals surface area contributed by atoms with Crippen molar-refractivity contribution in [3.05, 3.63) is 108 Å². The van der Waals surface area contributed by atoms with Gasteiger partial charge in [-0.2, -0.15) is 5.26 Å². The van der Waals surface area contributed by atoms with Crippen LogP contribution < -0.4 is 9.64 Å². The molecule has 7 heteroatoms. The predicted molar refractivity (Wildman–Crippen MR) is 213 cm³/mol. The van der Waals surface area contributed by atoms with Crippen molar-refractivity contribution in [2.75, 3.05) is 18.1 Å². The van der Waals surface area contributed by atoms with Crippen LogP contribution in [0.4, 0.5) is 11.4 Å². The summed E-state index contributed by atoms with van der Waals surface area (Å²) in [4.78, 5) is 18.6. The van der Waals surface area contributed by atoms with E-state index in [2.05, 4.69) is 91.5 Å². The second kappa shape index (κ2) is 17.4. The summed E-state index contributed by atoms with van der Waals surface area (Å²) in [6, 6.07) is 36.0. The van der Waals surface area contributed by atoms with E-state index in [0.717, 1.165) is 42.2 Å². The van der Waals surface area contributed by atoms with Crippen molar-refractivity contribution in [3.63, 3.8) is 0 Å². The Kier molecular flexibility index (Phi) is 12.3. The molecule has 2 heterocycles. The summed E-state index contributed by atoms with van der Waals surface area (Å²) in [6.07, 6.45) is 11.0. The van der Waals surface area contributed by atoms with Crippen LogP contribution >= 0.6 is 23.1 Å². The second-order valence-electron chi connectivity index (χ2n) is 12.9. The molecule has 1 N–H and O–H groups in total. The highest BCUT2D eigenvalue weighted by molar-refractivity contribution is 7.99. The van der Waals surface area contributed by atoms with Gasteiger partial charge in [0.25, 0.3) is 0 Å². The number of carbonyl (C=O) groups is 1. The van der Waals surface area contributed by atoms with Gasteiger partial charge in [-0.05, 0) is 95.3 Å². The lowest BCUT2D eigenvalue weighted by Crippen LogP contribution is -2.22. The molecule has 0 spiro atoms. The number of nitrogens with zero attached hydrogens (tertiary/aromatic N) is 2. The van der Waals surface area contributed by atoms with Crippen LogP contribution in [-0.2, 0) is 4.79 Å². The number of thiophene rings is 1. The van der Waals surface area contributed by atoms with E-state index in [1.165, 1.54) is 87.3 Å². The van der Waals surface area contributed by atoms with Gasteiger partial charge >= 0.3 is 5.97 Å². The van der Waals surface area contributed by atoms with E-state index in [0.29, 0.717) is 5.56 Å². The number of hydrogen-bond acceptors (Lipinski definition) is 6. The number of ether oxygens (including phenoxy) is 1. The zero-order valence-electron chi connectivity index (χ0n) is 29.4. The summed E-state index contributed by atoms with van der Waals surface area (Å²) in [5.74, 6) is -0.293. The summed E-state index contributed by atoms with van der Waals surface area (Å²) in [7, 11) is 0. The number of hydrogen-bond donors (Lipinski definition) is 1. The fraction of sp³-hybridized carbons (Fsp3) is 0.273. The van der Waals surface area contributed by atoms with Crippen molar-refractivity contribution in [3.8, 4) is 43.8 Å². The topological polar surface area (TPSA) is 73.6 Å². The SMILES string of the molecule is CCCCCCOc1ccc(-c2ccc3c(c2)Sc2cc(-c4ccc(-c5ccc(/C=C(\C#N)C(=O)O)cc5)s4)ccc2N3CCCCCC)cc1. The van der Waals surface area contributed by atoms with Crippen molar-refractivity contribution in [2.24, 2.45) is 0 Å². The van der Waals surface area contributed by atoms with E-state index in [9.17, 15) is 9.90 Å². The lowest BCUT2D eigenvalue weighted by atomic mass is 10.0. The summed E-state index contributed by atoms with van der Waals surface area (Å²) >= 11 is 3.59. The molecule has 5 nitrogen and oxygen atoms in total. The summed E-state index contributed by atoms with van der Waals surface area (Å²) < 4.78 is 6.00. The smallest absolute Gasteiger partial charge is 0.346 e. The number of carboxylic acid groups (broad SMARTS) is 1. The molecule has 1 aliphatic heterocycles. The van der Waals surface area contributed by atoms with E-state index in [-0.39, 0.29) is 5.57 Å². The van der Waals surface area contributed by atoms with Crippen LogP contribution in [-0.4, -0.2) is 24.2 Å². The Labute approximate surface area is 310 Å². The van der Waals surface area contributed by atoms with Gasteiger partial charge in [-0.3, -0.25) is 0 Å². The molecule has 51 heavy (non-hydrogen) atoms. The largest absolute Gasteiger partial charge is 0.494 e. The number of carboxylic acids is 1. The molecule has 6 rings (SSSR count). The molecule has 0 radical (unpaired) electrons. The number of nitriles is 1. The minimum absolute atomic E-state index is 0.280. The van der Waals surface area contributed by atoms with Crippen LogP contribution in [0.5, 0.6) is 5.75 Å². The third-order valence-corrected chi connectivity index (χ3v) is 11.4. The zero-order chi connectivity index (χ0) is 35.6. The first-order valence-electron chi connectivity index (χ1n) is 18.0. The molecule has 4 aromatic carbocycles. The van der Waals surface area contributed by atoms with Crippen LogP contribution in [0, 0.1) is 11.3 Å². The number of benzene rings is 4. The number of anilines is 2. The molecule has 0 saturated carbocycles. The van der Waals surface area contributed by atoms with Crippen LogP contribution in [0.15, 0.2) is 112 Å². The van der Waals surface area contributed by atoms with Crippen LogP contribution in [0.2, 0.25) is 0 Å². The number of rotatable bonds is 16. The van der Waals surface area contributed by atoms with E-state index in [4.69, 9.17) is 10.00 Å². The predicted octanol–water partition coefficient (Wildman–Crippen LogP) is 12.9. The van der Waals surface area contributed by atoms with Gasteiger partial charge < -0.3 is 14.7 Å². The lowest BCUT2D eigenvalue weighted by Gasteiger charge is -2.33. The van der Waals surface area contributed by atoms with Crippen molar-refractivity contribution < 1.29 is 14.6 Å². The third kappa shape index (κ3) is 8.94. The second-order valence-corrected chi connectivity index (χ2v) is 15.0. The highest BCUT2D eigenvalue weighted by Crippen LogP contribution is 2.51. The molecule has 0 amide bonds. The molecule has 1 aliphatic rings. The van der Waals surface area contributed by atoms with Crippen LogP contribution in [0.1, 0.15) is 70.8 Å². The van der Waals surface area contributed by atoms with Gasteiger partial charge in [0, 0.05) is 26.1 Å². The Morgan fingerprint density at radius 2 is 1.31 bits per heavy atom. The maximum atomic E-state index is 11.2. The minimum Gasteiger partial charge on any atom is -0.494 e. The number of aliphatic carboxylic acids is 1. The van der Waals surface area contributed by atoms with Crippen LogP contribution in [0.3, 0.4) is 0 Å². The standard InChI is InChI=1S/C44H44N2O3S2/c1-3-5-7-9-25-46-38-21-17-34(32-15-19-37(20-16-32)49-26-10-8-6-4-2)28-42(38)51-43-29-35(18-22-39(43)46)41-24-23-40(50-41)33-13-11-31(12-14-33)27-36(30-45)44(47)48/h11-24,27-29H,3-10,25-26H2,1-2H3,(H,47,48)/b36-27+. The Morgan fingerprint density at radius 1 is 0.725 bits per heavy atom. The summed E-state index contributed by atoms with van der Waals surface area (Å²) in [5.41, 5.74) is 7.57. The fourth-order valence-corrected chi connectivity index (χ4v) is 8.50. The van der Waals surface area contributed by atoms with Gasteiger partial charge in [0.1, 0.15) is 17.4 Å². The molecular weight excluding hydrogens is 669 g/mol. The Balaban J connectivity index is 1.23. The Morgan fingerprint density at radius 3 is 1.96 bits per heavy atom. The Hall–Kier alpha value is -4.77. The summed E-state index contributed by atoms with van der Waals surface area (Å²) in [6.45, 7) is 6.24. The molecule has 0 aliphatic carbocycles. The molecule has 0 fully saturated rings. The van der Waals surface area contributed by atoms with Gasteiger partial charge in [0.2, 0.25) is 0 Å². The van der Waals surface area contributed by atoms with Crippen molar-refractivity contribution in [1.29, 1.82) is 5.26 Å². The molecule has 5 aromatic rings. The highest BCUT2D eigenvalue weighted by Gasteiger charge is 2.24. The quantitative estimate of drug-likeness (QED) is 0.0624. The molecule has 1 aromatic heterocycles. The monoisotopic (exact) mass is 712 g/mol. The van der Waals surface area contributed by atoms with Gasteiger partial charge in [0.15, 0.2) is 0 Å². The minimum atomic E-state index is -1.22. The maximum absolute atomic E-state index is 11.2. The lowest BCUT2D eigenvalue weighted by molar-refractivity contribution is -0.132. The third-order valence-electron chi connectivity index (χ3n) is 9.16. The van der Waals surface area contributed by atoms with Gasteiger partial charge in [-0.15, -0.1) is 11.3 Å². The molecule has 0 atom stereocenters. The number of fused-ring (bicyclic) bond motifs is 2. The molecule has 0 bridgehead atoms. The van der Waals surface area contributed by atoms with E-state index >= 15 is 0 Å². The molecular formula is C44H44N2O3S2. The van der Waals surface area contributed by atoms with Crippen molar-refractivity contribution in [1.82, 2.24) is 0 Å². The van der Waals surface area contributed by atoms with Gasteiger partial charge in [-0.1, -0.05) is 113 Å². The average molecular weight is 713 g/mol. The van der Waals surface area contributed by atoms with E-state index in [1.807, 2.05) is 36.0 Å². The average Bonchev–Trinajstić information content (AvgIpc) is 3.65. The highest BCUT2D eigenvalue weighted by atomic mass is 32.2. The number of unbranched alkanes of at least 4 members (excludes halogenated alkanes) is 6. The molecule has 0 unspecified atom stereocenters. The van der Waals surface area contributed by atoms with Gasteiger partial charge in [0.05, 0.1) is 18.0 Å². The van der Waals surface area contributed by atoms with Crippen LogP contribution in [0.25, 0.3) is 38.1 Å². The fourth-order valence-electron chi connectivity index (χ4n) is 6.32. The zero-order valence-corrected chi connectivity index (χ0v) is 31.0. The first-order chi connectivity index (χ1) is 25.0. The maximum Gasteiger partial charge on any atom is 0.346 e.